The van der Waals surface area contributed by atoms with Crippen molar-refractivity contribution in [2.24, 2.45) is 0 Å². The van der Waals surface area contributed by atoms with Crippen LogP contribution in [0, 0.1) is 10.1 Å². The number of hydrogen-bond acceptors (Lipinski definition) is 5. The summed E-state index contributed by atoms with van der Waals surface area (Å²) in [5.41, 5.74) is 2.35. The molecule has 1 N–H and O–H groups in total. The molecule has 1 aromatic heterocycles. The highest BCUT2D eigenvalue weighted by atomic mass is 32.2. The Morgan fingerprint density at radius 3 is 2.19 bits per heavy atom. The summed E-state index contributed by atoms with van der Waals surface area (Å²) in [6, 6.07) is 28.7. The molecule has 1 heterocycles. The Hall–Kier alpha value is -4.43. The molecule has 0 aliphatic rings. The van der Waals surface area contributed by atoms with Crippen LogP contribution in [0.25, 0.3) is 21.8 Å². The number of aromatic nitrogens is 1. The van der Waals surface area contributed by atoms with E-state index in [0.29, 0.717) is 12.1 Å². The fourth-order valence-electron chi connectivity index (χ4n) is 4.39. The van der Waals surface area contributed by atoms with Crippen molar-refractivity contribution in [2.45, 2.75) is 23.5 Å². The number of nitro groups is 1. The lowest BCUT2D eigenvalue weighted by molar-refractivity contribution is -0.384. The highest BCUT2D eigenvalue weighted by Crippen LogP contribution is 2.33. The number of rotatable bonds is 7. The zero-order chi connectivity index (χ0) is 25.9. The molecule has 1 unspecified atom stereocenters. The molecule has 0 radical (unpaired) electrons. The summed E-state index contributed by atoms with van der Waals surface area (Å²) >= 11 is 1.44. The largest absolute Gasteiger partial charge is 0.322 e. The molecule has 5 rings (SSSR count). The van der Waals surface area contributed by atoms with Crippen molar-refractivity contribution in [2.75, 3.05) is 5.32 Å². The van der Waals surface area contributed by atoms with E-state index in [1.165, 1.54) is 36.0 Å². The quantitative estimate of drug-likeness (QED) is 0.143. The van der Waals surface area contributed by atoms with Crippen LogP contribution in [0.2, 0.25) is 0 Å². The first-order chi connectivity index (χ1) is 18.0. The van der Waals surface area contributed by atoms with Gasteiger partial charge in [-0.05, 0) is 42.8 Å². The van der Waals surface area contributed by atoms with Gasteiger partial charge in [-0.15, -0.1) is 11.8 Å². The Morgan fingerprint density at radius 2 is 1.54 bits per heavy atom. The van der Waals surface area contributed by atoms with E-state index in [9.17, 15) is 19.7 Å². The number of nitrogens with zero attached hydrogens (tertiary/aromatic N) is 2. The Labute approximate surface area is 217 Å². The lowest BCUT2D eigenvalue weighted by Crippen LogP contribution is -2.23. The van der Waals surface area contributed by atoms with Crippen LogP contribution in [-0.2, 0) is 0 Å². The summed E-state index contributed by atoms with van der Waals surface area (Å²) in [5, 5.41) is 15.6. The van der Waals surface area contributed by atoms with Crippen LogP contribution in [0.4, 0.5) is 11.4 Å². The third kappa shape index (κ3) is 4.83. The second-order valence-electron chi connectivity index (χ2n) is 8.51. The fourth-order valence-corrected chi connectivity index (χ4v) is 5.44. The lowest BCUT2D eigenvalue weighted by Gasteiger charge is -2.16. The maximum Gasteiger partial charge on any atom is 0.270 e. The van der Waals surface area contributed by atoms with Crippen molar-refractivity contribution in [1.82, 2.24) is 4.57 Å². The summed E-state index contributed by atoms with van der Waals surface area (Å²) in [7, 11) is 0. The van der Waals surface area contributed by atoms with Crippen molar-refractivity contribution in [3.05, 3.63) is 113 Å². The van der Waals surface area contributed by atoms with E-state index in [1.807, 2.05) is 73.7 Å². The molecular weight excluding hydrogens is 486 g/mol. The van der Waals surface area contributed by atoms with Gasteiger partial charge >= 0.3 is 0 Å². The third-order valence-corrected chi connectivity index (χ3v) is 7.48. The normalized spacial score (nSPS) is 11.9. The first kappa shape index (κ1) is 24.3. The molecule has 1 atom stereocenters. The zero-order valence-corrected chi connectivity index (χ0v) is 20.8. The van der Waals surface area contributed by atoms with Gasteiger partial charge in [0.05, 0.1) is 21.2 Å². The predicted molar refractivity (Wildman–Crippen MR) is 147 cm³/mol. The lowest BCUT2D eigenvalue weighted by atomic mass is 10.2. The smallest absolute Gasteiger partial charge is 0.270 e. The maximum absolute atomic E-state index is 13.8. The van der Waals surface area contributed by atoms with E-state index >= 15 is 0 Å². The van der Waals surface area contributed by atoms with E-state index in [4.69, 9.17) is 0 Å². The van der Waals surface area contributed by atoms with Gasteiger partial charge in [0.15, 0.2) is 0 Å². The molecule has 0 aliphatic heterocycles. The number of nitrogens with one attached hydrogen (secondary N) is 1. The molecular formula is C29H23N3O4S. The van der Waals surface area contributed by atoms with Gasteiger partial charge in [-0.3, -0.25) is 24.3 Å². The van der Waals surface area contributed by atoms with E-state index in [-0.39, 0.29) is 22.4 Å². The van der Waals surface area contributed by atoms with Crippen LogP contribution in [0.5, 0.6) is 0 Å². The Bertz CT molecular complexity index is 1610. The van der Waals surface area contributed by atoms with Crippen LogP contribution in [0.15, 0.2) is 102 Å². The van der Waals surface area contributed by atoms with Gasteiger partial charge in [0.1, 0.15) is 0 Å². The van der Waals surface area contributed by atoms with Crippen LogP contribution < -0.4 is 5.32 Å². The molecule has 0 saturated carbocycles. The Balaban J connectivity index is 1.39. The minimum absolute atomic E-state index is 0.00377. The average molecular weight is 510 g/mol. The zero-order valence-electron chi connectivity index (χ0n) is 20.0. The number of carbonyl (C=O) groups excluding carboxylic acids is 2. The van der Waals surface area contributed by atoms with Crippen molar-refractivity contribution in [3.63, 3.8) is 0 Å². The van der Waals surface area contributed by atoms with Gasteiger partial charge in [-0.25, -0.2) is 0 Å². The second kappa shape index (κ2) is 10.3. The minimum atomic E-state index is -0.535. The molecule has 184 valence electrons. The number of fused-ring (bicyclic) bond motifs is 3. The second-order valence-corrected chi connectivity index (χ2v) is 9.79. The summed E-state index contributed by atoms with van der Waals surface area (Å²) < 4.78 is 1.81. The number of anilines is 1. The first-order valence-electron chi connectivity index (χ1n) is 11.8. The number of carbonyl (C=O) groups is 2. The molecule has 4 aromatic carbocycles. The van der Waals surface area contributed by atoms with Crippen LogP contribution >= 0.6 is 11.8 Å². The molecule has 0 bridgehead atoms. The molecule has 0 saturated heterocycles. The minimum Gasteiger partial charge on any atom is -0.322 e. The van der Waals surface area contributed by atoms with Crippen LogP contribution in [0.3, 0.4) is 0 Å². The van der Waals surface area contributed by atoms with Crippen LogP contribution in [-0.4, -0.2) is 26.6 Å². The third-order valence-electron chi connectivity index (χ3n) is 6.14. The standard InChI is InChI=1S/C29H23N3O4S/c1-2-27(29(34)31-25-15-5-3-13-23(25)24-14-4-6-16-26(24)31)37-22-12-8-10-20(18-22)30-28(33)19-9-7-11-21(17-19)32(35)36/h3-18,27H,2H2,1H3,(H,30,33). The maximum atomic E-state index is 13.8. The number of thioether (sulfide) groups is 1. The molecule has 0 spiro atoms. The van der Waals surface area contributed by atoms with Gasteiger partial charge in [0.25, 0.3) is 11.6 Å². The number of non-ortho nitro benzene ring substituents is 1. The highest BCUT2D eigenvalue weighted by Gasteiger charge is 2.24. The number of benzene rings is 4. The number of nitro benzene ring substituents is 1. The van der Waals surface area contributed by atoms with Crippen molar-refractivity contribution in [3.8, 4) is 0 Å². The summed E-state index contributed by atoms with van der Waals surface area (Å²) in [6.45, 7) is 1.98. The fraction of sp³-hybridized carbons (Fsp3) is 0.103. The van der Waals surface area contributed by atoms with Gasteiger partial charge in [-0.2, -0.15) is 0 Å². The number of hydrogen-bond donors (Lipinski definition) is 1. The number of amides is 1. The van der Waals surface area contributed by atoms with Gasteiger partial charge in [-0.1, -0.05) is 55.5 Å². The van der Waals surface area contributed by atoms with Crippen molar-refractivity contribution >= 4 is 56.8 Å². The van der Waals surface area contributed by atoms with Gasteiger partial charge in [0, 0.05) is 39.1 Å². The highest BCUT2D eigenvalue weighted by molar-refractivity contribution is 8.00. The Kier molecular flexibility index (Phi) is 6.74. The van der Waals surface area contributed by atoms with E-state index in [0.717, 1.165) is 26.7 Å². The Morgan fingerprint density at radius 1 is 0.892 bits per heavy atom. The molecule has 37 heavy (non-hydrogen) atoms. The van der Waals surface area contributed by atoms with Gasteiger partial charge < -0.3 is 5.32 Å². The van der Waals surface area contributed by atoms with Crippen molar-refractivity contribution in [1.29, 1.82) is 0 Å². The molecule has 1 amide bonds. The summed E-state index contributed by atoms with van der Waals surface area (Å²) in [6.07, 6.45) is 0.620. The average Bonchev–Trinajstić information content (AvgIpc) is 3.26. The topological polar surface area (TPSA) is 94.2 Å². The molecule has 8 heteroatoms. The first-order valence-corrected chi connectivity index (χ1v) is 12.7. The summed E-state index contributed by atoms with van der Waals surface area (Å²) in [4.78, 5) is 37.8. The summed E-state index contributed by atoms with van der Waals surface area (Å²) in [5.74, 6) is -0.449. The molecule has 7 nitrogen and oxygen atoms in total. The van der Waals surface area contributed by atoms with Gasteiger partial charge in [0.2, 0.25) is 5.91 Å². The van der Waals surface area contributed by atoms with E-state index in [2.05, 4.69) is 5.32 Å². The monoisotopic (exact) mass is 509 g/mol. The van der Waals surface area contributed by atoms with E-state index < -0.39 is 10.8 Å². The van der Waals surface area contributed by atoms with Crippen molar-refractivity contribution < 1.29 is 14.5 Å². The molecule has 0 fully saturated rings. The SMILES string of the molecule is CCC(Sc1cccc(NC(=O)c2cccc([N+](=O)[O-])c2)c1)C(=O)n1c2ccccc2c2ccccc21. The predicted octanol–water partition coefficient (Wildman–Crippen LogP) is 7.17. The van der Waals surface area contributed by atoms with E-state index in [1.54, 1.807) is 10.6 Å². The number of para-hydroxylation sites is 2. The molecule has 5 aromatic rings. The molecule has 0 aliphatic carbocycles. The van der Waals surface area contributed by atoms with Crippen LogP contribution in [0.1, 0.15) is 28.5 Å².